The van der Waals surface area contributed by atoms with Gasteiger partial charge in [0.05, 0.1) is 0 Å². The van der Waals surface area contributed by atoms with Gasteiger partial charge in [-0.1, -0.05) is 29.4 Å². The van der Waals surface area contributed by atoms with Crippen molar-refractivity contribution < 1.29 is 8.78 Å². The summed E-state index contributed by atoms with van der Waals surface area (Å²) < 4.78 is 26.6. The Labute approximate surface area is 126 Å². The predicted octanol–water partition coefficient (Wildman–Crippen LogP) is 4.66. The molecule has 0 aliphatic rings. The zero-order valence-corrected chi connectivity index (χ0v) is 12.4. The van der Waals surface area contributed by atoms with Crippen molar-refractivity contribution in [3.63, 3.8) is 0 Å². The molecular formula is C15H14ClF2NS. The molecule has 2 rings (SSSR count). The Kier molecular flexibility index (Phi) is 5.02. The Morgan fingerprint density at radius 2 is 1.90 bits per heavy atom. The molecule has 2 aromatic carbocycles. The third kappa shape index (κ3) is 3.95. The predicted molar refractivity (Wildman–Crippen MR) is 79.3 cm³/mol. The van der Waals surface area contributed by atoms with Gasteiger partial charge in [0.25, 0.3) is 0 Å². The van der Waals surface area contributed by atoms with E-state index in [1.165, 1.54) is 23.9 Å². The highest BCUT2D eigenvalue weighted by atomic mass is 35.5. The molecule has 0 bridgehead atoms. The van der Waals surface area contributed by atoms with E-state index in [-0.39, 0.29) is 6.04 Å². The lowest BCUT2D eigenvalue weighted by atomic mass is 10.1. The lowest BCUT2D eigenvalue weighted by Gasteiger charge is -2.12. The highest BCUT2D eigenvalue weighted by molar-refractivity contribution is 7.99. The Balaban J connectivity index is 2.34. The lowest BCUT2D eigenvalue weighted by molar-refractivity contribution is 0.565. The van der Waals surface area contributed by atoms with Crippen molar-refractivity contribution in [2.45, 2.75) is 29.2 Å². The SMILES string of the molecule is CC(N)Cc1ccc(Cl)cc1Sc1ccc(F)cc1F. The molecule has 0 radical (unpaired) electrons. The third-order valence-electron chi connectivity index (χ3n) is 2.68. The van der Waals surface area contributed by atoms with Crippen LogP contribution in [0.15, 0.2) is 46.2 Å². The van der Waals surface area contributed by atoms with Gasteiger partial charge in [-0.2, -0.15) is 0 Å². The van der Waals surface area contributed by atoms with Crippen LogP contribution in [0.4, 0.5) is 8.78 Å². The molecule has 1 nitrogen and oxygen atoms in total. The second-order valence-corrected chi connectivity index (χ2v) is 6.13. The summed E-state index contributed by atoms with van der Waals surface area (Å²) in [6.07, 6.45) is 0.669. The maximum Gasteiger partial charge on any atom is 0.140 e. The molecule has 1 atom stereocenters. The zero-order chi connectivity index (χ0) is 14.7. The van der Waals surface area contributed by atoms with Gasteiger partial charge in [-0.25, -0.2) is 8.78 Å². The number of halogens is 3. The van der Waals surface area contributed by atoms with E-state index in [2.05, 4.69) is 0 Å². The van der Waals surface area contributed by atoms with E-state index >= 15 is 0 Å². The van der Waals surface area contributed by atoms with E-state index in [4.69, 9.17) is 17.3 Å². The summed E-state index contributed by atoms with van der Waals surface area (Å²) in [7, 11) is 0. The fraction of sp³-hybridized carbons (Fsp3) is 0.200. The molecule has 0 saturated heterocycles. The van der Waals surface area contributed by atoms with Gasteiger partial charge in [0.15, 0.2) is 0 Å². The minimum absolute atomic E-state index is 0.00593. The zero-order valence-electron chi connectivity index (χ0n) is 10.9. The minimum Gasteiger partial charge on any atom is -0.328 e. The van der Waals surface area contributed by atoms with Crippen LogP contribution in [-0.4, -0.2) is 6.04 Å². The Morgan fingerprint density at radius 3 is 2.55 bits per heavy atom. The first-order chi connectivity index (χ1) is 9.45. The average molecular weight is 314 g/mol. The van der Waals surface area contributed by atoms with Crippen LogP contribution in [0.2, 0.25) is 5.02 Å². The van der Waals surface area contributed by atoms with Gasteiger partial charge in [-0.3, -0.25) is 0 Å². The van der Waals surface area contributed by atoms with Crippen LogP contribution in [0, 0.1) is 11.6 Å². The second-order valence-electron chi connectivity index (χ2n) is 4.61. The van der Waals surface area contributed by atoms with E-state index in [0.29, 0.717) is 16.3 Å². The molecular weight excluding hydrogens is 300 g/mol. The van der Waals surface area contributed by atoms with Crippen LogP contribution < -0.4 is 5.73 Å². The normalized spacial score (nSPS) is 12.4. The molecule has 0 fully saturated rings. The van der Waals surface area contributed by atoms with Crippen molar-refractivity contribution in [2.75, 3.05) is 0 Å². The molecule has 0 aliphatic carbocycles. The monoisotopic (exact) mass is 313 g/mol. The van der Waals surface area contributed by atoms with Crippen molar-refractivity contribution in [1.29, 1.82) is 0 Å². The van der Waals surface area contributed by atoms with Crippen LogP contribution in [-0.2, 0) is 6.42 Å². The standard InChI is InChI=1S/C15H14ClF2NS/c1-9(19)6-10-2-3-11(16)7-15(10)20-14-5-4-12(17)8-13(14)18/h2-5,7-9H,6,19H2,1H3. The minimum atomic E-state index is -0.589. The molecule has 2 aromatic rings. The number of benzene rings is 2. The highest BCUT2D eigenvalue weighted by Crippen LogP contribution is 2.34. The molecule has 0 aromatic heterocycles. The third-order valence-corrected chi connectivity index (χ3v) is 4.07. The Hall–Kier alpha value is -1.10. The van der Waals surface area contributed by atoms with Crippen molar-refractivity contribution in [1.82, 2.24) is 0 Å². The van der Waals surface area contributed by atoms with Crippen molar-refractivity contribution in [2.24, 2.45) is 5.73 Å². The molecule has 5 heteroatoms. The molecule has 106 valence electrons. The first-order valence-electron chi connectivity index (χ1n) is 6.12. The van der Waals surface area contributed by atoms with E-state index in [1.54, 1.807) is 12.1 Å². The van der Waals surface area contributed by atoms with Crippen LogP contribution in [0.1, 0.15) is 12.5 Å². The molecule has 0 saturated carbocycles. The quantitative estimate of drug-likeness (QED) is 0.888. The number of nitrogens with two attached hydrogens (primary N) is 1. The van der Waals surface area contributed by atoms with Crippen LogP contribution in [0.25, 0.3) is 0 Å². The molecule has 2 N–H and O–H groups in total. The van der Waals surface area contributed by atoms with Crippen molar-refractivity contribution >= 4 is 23.4 Å². The van der Waals surface area contributed by atoms with E-state index in [1.807, 2.05) is 13.0 Å². The summed E-state index contributed by atoms with van der Waals surface area (Å²) in [5, 5.41) is 0.573. The molecule has 0 aliphatic heterocycles. The number of rotatable bonds is 4. The van der Waals surface area contributed by atoms with E-state index in [0.717, 1.165) is 16.5 Å². The van der Waals surface area contributed by atoms with Gasteiger partial charge < -0.3 is 5.73 Å². The summed E-state index contributed by atoms with van der Waals surface area (Å²) in [6.45, 7) is 1.90. The van der Waals surface area contributed by atoms with Crippen LogP contribution >= 0.6 is 23.4 Å². The van der Waals surface area contributed by atoms with E-state index < -0.39 is 11.6 Å². The van der Waals surface area contributed by atoms with E-state index in [9.17, 15) is 8.78 Å². The topological polar surface area (TPSA) is 26.0 Å². The molecule has 0 heterocycles. The van der Waals surface area contributed by atoms with Gasteiger partial charge in [-0.15, -0.1) is 0 Å². The van der Waals surface area contributed by atoms with Gasteiger partial charge in [-0.05, 0) is 43.2 Å². The summed E-state index contributed by atoms with van der Waals surface area (Å²) in [4.78, 5) is 1.19. The molecule has 20 heavy (non-hydrogen) atoms. The molecule has 1 unspecified atom stereocenters. The van der Waals surface area contributed by atoms with Gasteiger partial charge in [0.2, 0.25) is 0 Å². The van der Waals surface area contributed by atoms with Gasteiger partial charge >= 0.3 is 0 Å². The number of hydrogen-bond donors (Lipinski definition) is 1. The average Bonchev–Trinajstić information content (AvgIpc) is 2.35. The maximum absolute atomic E-state index is 13.7. The van der Waals surface area contributed by atoms with Crippen molar-refractivity contribution in [3.8, 4) is 0 Å². The number of hydrogen-bond acceptors (Lipinski definition) is 2. The summed E-state index contributed by atoms with van der Waals surface area (Å²) in [5.74, 6) is -1.17. The largest absolute Gasteiger partial charge is 0.328 e. The second kappa shape index (κ2) is 6.57. The molecule has 0 spiro atoms. The van der Waals surface area contributed by atoms with Crippen LogP contribution in [0.3, 0.4) is 0 Å². The summed E-state index contributed by atoms with van der Waals surface area (Å²) in [6, 6.07) is 8.96. The summed E-state index contributed by atoms with van der Waals surface area (Å²) in [5.41, 5.74) is 6.81. The van der Waals surface area contributed by atoms with Gasteiger partial charge in [0, 0.05) is 26.9 Å². The molecule has 0 amide bonds. The van der Waals surface area contributed by atoms with Crippen LogP contribution in [0.5, 0.6) is 0 Å². The van der Waals surface area contributed by atoms with Gasteiger partial charge in [0.1, 0.15) is 11.6 Å². The Bertz CT molecular complexity index is 617. The fourth-order valence-corrected chi connectivity index (χ4v) is 3.05. The first-order valence-corrected chi connectivity index (χ1v) is 7.32. The highest BCUT2D eigenvalue weighted by Gasteiger charge is 2.11. The maximum atomic E-state index is 13.7. The summed E-state index contributed by atoms with van der Waals surface area (Å²) >= 11 is 7.21. The fourth-order valence-electron chi connectivity index (χ4n) is 1.82. The van der Waals surface area contributed by atoms with Crippen molar-refractivity contribution in [3.05, 3.63) is 58.6 Å². The smallest absolute Gasteiger partial charge is 0.140 e. The lowest BCUT2D eigenvalue weighted by Crippen LogP contribution is -2.18. The Morgan fingerprint density at radius 1 is 1.15 bits per heavy atom. The first kappa shape index (κ1) is 15.3.